The van der Waals surface area contributed by atoms with Crippen LogP contribution in [0.1, 0.15) is 52.4 Å². The van der Waals surface area contributed by atoms with Crippen LogP contribution in [0.4, 0.5) is 0 Å². The molecule has 2 atom stereocenters. The van der Waals surface area contributed by atoms with Crippen LogP contribution in [0, 0.1) is 11.8 Å². The maximum Gasteiger partial charge on any atom is 0.324 e. The second-order valence-electron chi connectivity index (χ2n) is 7.02. The van der Waals surface area contributed by atoms with E-state index in [1.807, 2.05) is 0 Å². The molecule has 0 radical (unpaired) electrons. The molecule has 1 saturated heterocycles. The molecule has 116 valence electrons. The van der Waals surface area contributed by atoms with E-state index in [4.69, 9.17) is 0 Å². The number of nitrogens with one attached hydrogen (secondary N) is 1. The van der Waals surface area contributed by atoms with Gasteiger partial charge in [0.1, 0.15) is 5.54 Å². The zero-order chi connectivity index (χ0) is 14.6. The van der Waals surface area contributed by atoms with Crippen molar-refractivity contribution in [3.63, 3.8) is 0 Å². The fraction of sp³-hybridized carbons (Fsp3) is 0.938. The number of hydrogen-bond donors (Lipinski definition) is 2. The number of nitrogens with zero attached hydrogens (tertiary/aromatic N) is 1. The third-order valence-electron chi connectivity index (χ3n) is 4.98. The maximum absolute atomic E-state index is 12.1. The third-order valence-corrected chi connectivity index (χ3v) is 4.98. The molecular weight excluding hydrogens is 252 g/mol. The lowest BCUT2D eigenvalue weighted by molar-refractivity contribution is -0.155. The summed E-state index contributed by atoms with van der Waals surface area (Å²) in [5.41, 5.74) is -0.593. The monoisotopic (exact) mass is 282 g/mol. The fourth-order valence-corrected chi connectivity index (χ4v) is 4.12. The first kappa shape index (κ1) is 15.8. The highest BCUT2D eigenvalue weighted by molar-refractivity contribution is 5.79. The van der Waals surface area contributed by atoms with Gasteiger partial charge in [0, 0.05) is 19.6 Å². The van der Waals surface area contributed by atoms with E-state index in [1.54, 1.807) is 0 Å². The third kappa shape index (κ3) is 3.53. The lowest BCUT2D eigenvalue weighted by atomic mass is 9.72. The zero-order valence-electron chi connectivity index (χ0n) is 13.0. The van der Waals surface area contributed by atoms with Crippen molar-refractivity contribution in [2.75, 3.05) is 26.2 Å². The normalized spacial score (nSPS) is 33.0. The van der Waals surface area contributed by atoms with Crippen LogP contribution in [0.15, 0.2) is 0 Å². The van der Waals surface area contributed by atoms with Crippen LogP contribution in [0.3, 0.4) is 0 Å². The highest BCUT2D eigenvalue weighted by Gasteiger charge is 2.47. The molecule has 1 aliphatic carbocycles. The fourth-order valence-electron chi connectivity index (χ4n) is 4.12. The van der Waals surface area contributed by atoms with E-state index in [-0.39, 0.29) is 0 Å². The minimum absolute atomic E-state index is 0.580. The van der Waals surface area contributed by atoms with Crippen molar-refractivity contribution in [1.82, 2.24) is 10.2 Å². The van der Waals surface area contributed by atoms with Crippen molar-refractivity contribution in [2.45, 2.75) is 57.9 Å². The van der Waals surface area contributed by atoms with E-state index in [2.05, 4.69) is 24.1 Å². The summed E-state index contributed by atoms with van der Waals surface area (Å²) in [5, 5.41) is 13.3. The van der Waals surface area contributed by atoms with Crippen molar-refractivity contribution < 1.29 is 9.90 Å². The van der Waals surface area contributed by atoms with Gasteiger partial charge in [0.2, 0.25) is 0 Å². The molecule has 0 aromatic rings. The van der Waals surface area contributed by atoms with Gasteiger partial charge in [-0.25, -0.2) is 0 Å². The second kappa shape index (κ2) is 6.90. The van der Waals surface area contributed by atoms with E-state index in [0.29, 0.717) is 11.8 Å². The summed E-state index contributed by atoms with van der Waals surface area (Å²) < 4.78 is 0. The van der Waals surface area contributed by atoms with Crippen LogP contribution >= 0.6 is 0 Å². The molecule has 0 bridgehead atoms. The predicted molar refractivity (Wildman–Crippen MR) is 80.8 cm³/mol. The Balaban J connectivity index is 2.13. The van der Waals surface area contributed by atoms with Gasteiger partial charge in [-0.3, -0.25) is 9.69 Å². The van der Waals surface area contributed by atoms with E-state index in [1.165, 1.54) is 12.8 Å². The van der Waals surface area contributed by atoms with Gasteiger partial charge >= 0.3 is 5.97 Å². The first-order valence-corrected chi connectivity index (χ1v) is 8.24. The van der Waals surface area contributed by atoms with Crippen LogP contribution in [0.2, 0.25) is 0 Å². The highest BCUT2D eigenvalue weighted by Crippen LogP contribution is 2.40. The number of rotatable bonds is 4. The summed E-state index contributed by atoms with van der Waals surface area (Å²) >= 11 is 0. The average Bonchev–Trinajstić information content (AvgIpc) is 2.67. The van der Waals surface area contributed by atoms with Gasteiger partial charge in [-0.2, -0.15) is 0 Å². The van der Waals surface area contributed by atoms with Gasteiger partial charge in [0.25, 0.3) is 0 Å². The molecule has 2 rings (SSSR count). The average molecular weight is 282 g/mol. The highest BCUT2D eigenvalue weighted by atomic mass is 16.4. The van der Waals surface area contributed by atoms with E-state index < -0.39 is 11.5 Å². The molecular formula is C16H30N2O2. The number of carboxylic acid groups (broad SMARTS) is 1. The Morgan fingerprint density at radius 2 is 2.15 bits per heavy atom. The van der Waals surface area contributed by atoms with Crippen molar-refractivity contribution in [1.29, 1.82) is 0 Å². The molecule has 1 heterocycles. The van der Waals surface area contributed by atoms with Gasteiger partial charge < -0.3 is 10.4 Å². The number of hydrogen-bond acceptors (Lipinski definition) is 3. The molecule has 4 heteroatoms. The van der Waals surface area contributed by atoms with Gasteiger partial charge in [0.05, 0.1) is 0 Å². The first-order valence-electron chi connectivity index (χ1n) is 8.24. The number of carboxylic acids is 1. The summed E-state index contributed by atoms with van der Waals surface area (Å²) in [7, 11) is 0. The predicted octanol–water partition coefficient (Wildman–Crippen LogP) is 2.34. The van der Waals surface area contributed by atoms with Gasteiger partial charge in [-0.1, -0.05) is 26.7 Å². The topological polar surface area (TPSA) is 52.6 Å². The standard InChI is InChI=1S/C16H30N2O2/c1-13(2)11-14-5-3-6-16(12-14,15(19)20)18-9-4-7-17-8-10-18/h13-14,17H,3-12H2,1-2H3,(H,19,20). The van der Waals surface area contributed by atoms with E-state index in [9.17, 15) is 9.90 Å². The molecule has 2 fully saturated rings. The summed E-state index contributed by atoms with van der Waals surface area (Å²) in [6.07, 6.45) is 6.18. The Labute approximate surface area is 122 Å². The first-order chi connectivity index (χ1) is 9.54. The Morgan fingerprint density at radius 1 is 1.35 bits per heavy atom. The van der Waals surface area contributed by atoms with Gasteiger partial charge in [0.15, 0.2) is 0 Å². The van der Waals surface area contributed by atoms with E-state index >= 15 is 0 Å². The lowest BCUT2D eigenvalue weighted by Crippen LogP contribution is -2.58. The van der Waals surface area contributed by atoms with Crippen molar-refractivity contribution in [3.05, 3.63) is 0 Å². The largest absolute Gasteiger partial charge is 0.480 e. The zero-order valence-corrected chi connectivity index (χ0v) is 13.0. The summed E-state index contributed by atoms with van der Waals surface area (Å²) in [6, 6.07) is 0. The molecule has 0 aromatic heterocycles. The molecule has 20 heavy (non-hydrogen) atoms. The Morgan fingerprint density at radius 3 is 2.85 bits per heavy atom. The van der Waals surface area contributed by atoms with Crippen LogP contribution in [-0.4, -0.2) is 47.7 Å². The summed E-state index contributed by atoms with van der Waals surface area (Å²) in [5.74, 6) is 0.652. The Kier molecular flexibility index (Phi) is 5.44. The van der Waals surface area contributed by atoms with Crippen LogP contribution in [-0.2, 0) is 4.79 Å². The summed E-state index contributed by atoms with van der Waals surface area (Å²) in [6.45, 7) is 8.22. The summed E-state index contributed by atoms with van der Waals surface area (Å²) in [4.78, 5) is 14.3. The molecule has 0 spiro atoms. The molecule has 2 unspecified atom stereocenters. The molecule has 1 saturated carbocycles. The minimum atomic E-state index is -0.593. The molecule has 4 nitrogen and oxygen atoms in total. The van der Waals surface area contributed by atoms with Crippen molar-refractivity contribution in [2.24, 2.45) is 11.8 Å². The van der Waals surface area contributed by atoms with Gasteiger partial charge in [-0.05, 0) is 44.1 Å². The SMILES string of the molecule is CC(C)CC1CCCC(C(=O)O)(N2CCCNCC2)C1. The van der Waals surface area contributed by atoms with Crippen LogP contribution < -0.4 is 5.32 Å². The second-order valence-corrected chi connectivity index (χ2v) is 7.02. The molecule has 0 amide bonds. The lowest BCUT2D eigenvalue weighted by Gasteiger charge is -2.45. The molecule has 1 aliphatic heterocycles. The smallest absolute Gasteiger partial charge is 0.324 e. The van der Waals surface area contributed by atoms with Crippen LogP contribution in [0.25, 0.3) is 0 Å². The van der Waals surface area contributed by atoms with Crippen LogP contribution in [0.5, 0.6) is 0 Å². The van der Waals surface area contributed by atoms with E-state index in [0.717, 1.165) is 51.9 Å². The molecule has 2 aliphatic rings. The number of carbonyl (C=O) groups is 1. The Hall–Kier alpha value is -0.610. The number of aliphatic carboxylic acids is 1. The van der Waals surface area contributed by atoms with Crippen molar-refractivity contribution >= 4 is 5.97 Å². The minimum Gasteiger partial charge on any atom is -0.480 e. The Bertz CT molecular complexity index is 324. The quantitative estimate of drug-likeness (QED) is 0.831. The maximum atomic E-state index is 12.1. The molecule has 2 N–H and O–H groups in total. The van der Waals surface area contributed by atoms with Crippen molar-refractivity contribution in [3.8, 4) is 0 Å². The van der Waals surface area contributed by atoms with Gasteiger partial charge in [-0.15, -0.1) is 0 Å². The molecule has 0 aromatic carbocycles.